The van der Waals surface area contributed by atoms with Crippen LogP contribution in [0.1, 0.15) is 13.3 Å². The summed E-state index contributed by atoms with van der Waals surface area (Å²) < 4.78 is 32.3. The number of benzene rings is 1. The Morgan fingerprint density at radius 2 is 2.00 bits per heavy atom. The van der Waals surface area contributed by atoms with Crippen LogP contribution >= 0.6 is 0 Å². The Balaban J connectivity index is 2.19. The molecule has 0 radical (unpaired) electrons. The number of nitrogen functional groups attached to an aromatic ring is 1. The van der Waals surface area contributed by atoms with E-state index in [1.807, 2.05) is 6.92 Å². The van der Waals surface area contributed by atoms with Gasteiger partial charge in [0.25, 0.3) is 0 Å². The lowest BCUT2D eigenvalue weighted by atomic mass is 10.0. The number of hydrazine groups is 1. The number of ether oxygens (including phenoxy) is 1. The van der Waals surface area contributed by atoms with E-state index in [1.54, 1.807) is 12.1 Å². The smallest absolute Gasteiger partial charge is 0.241 e. The van der Waals surface area contributed by atoms with Crippen LogP contribution < -0.4 is 16.0 Å². The van der Waals surface area contributed by atoms with Crippen molar-refractivity contribution in [1.82, 2.24) is 4.72 Å². The largest absolute Gasteiger partial charge is 0.379 e. The maximum atomic E-state index is 12.2. The molecule has 1 heterocycles. The first kappa shape index (κ1) is 13.3. The molecular formula is C11H17N3O3S. The van der Waals surface area contributed by atoms with Gasteiger partial charge in [-0.05, 0) is 37.6 Å². The highest BCUT2D eigenvalue weighted by Gasteiger charge is 2.34. The quantitative estimate of drug-likeness (QED) is 0.545. The molecule has 18 heavy (non-hydrogen) atoms. The first-order chi connectivity index (χ1) is 8.45. The minimum absolute atomic E-state index is 0.217. The normalized spacial score (nSPS) is 24.1. The predicted molar refractivity (Wildman–Crippen MR) is 68.4 cm³/mol. The summed E-state index contributed by atoms with van der Waals surface area (Å²) in [5, 5.41) is 0. The molecule has 6 nitrogen and oxygen atoms in total. The molecular weight excluding hydrogens is 254 g/mol. The van der Waals surface area contributed by atoms with Gasteiger partial charge in [0, 0.05) is 12.3 Å². The lowest BCUT2D eigenvalue weighted by molar-refractivity contribution is 0.178. The first-order valence-electron chi connectivity index (χ1n) is 5.64. The Bertz CT molecular complexity index is 507. The van der Waals surface area contributed by atoms with Gasteiger partial charge in [-0.15, -0.1) is 0 Å². The zero-order valence-electron chi connectivity index (χ0n) is 10.1. The molecule has 100 valence electrons. The van der Waals surface area contributed by atoms with E-state index >= 15 is 0 Å². The zero-order valence-corrected chi connectivity index (χ0v) is 11.0. The van der Waals surface area contributed by atoms with Gasteiger partial charge in [0.2, 0.25) is 10.0 Å². The summed E-state index contributed by atoms with van der Waals surface area (Å²) in [4.78, 5) is 0.217. The lowest BCUT2D eigenvalue weighted by Crippen LogP contribution is -2.46. The van der Waals surface area contributed by atoms with E-state index in [-0.39, 0.29) is 4.90 Å². The van der Waals surface area contributed by atoms with Crippen LogP contribution in [0.25, 0.3) is 0 Å². The van der Waals surface area contributed by atoms with E-state index in [2.05, 4.69) is 10.1 Å². The molecule has 1 aromatic carbocycles. The summed E-state index contributed by atoms with van der Waals surface area (Å²) in [5.41, 5.74) is 2.58. The summed E-state index contributed by atoms with van der Waals surface area (Å²) in [7, 11) is -3.53. The number of anilines is 1. The molecule has 0 bridgehead atoms. The van der Waals surface area contributed by atoms with Crippen LogP contribution in [0.2, 0.25) is 0 Å². The van der Waals surface area contributed by atoms with Gasteiger partial charge < -0.3 is 10.2 Å². The van der Waals surface area contributed by atoms with Crippen molar-refractivity contribution in [2.75, 3.05) is 18.6 Å². The van der Waals surface area contributed by atoms with Gasteiger partial charge >= 0.3 is 0 Å². The van der Waals surface area contributed by atoms with E-state index < -0.39 is 15.6 Å². The SMILES string of the molecule is CC1(NS(=O)(=O)c2ccc(NN)cc2)CCOC1. The molecule has 1 aromatic rings. The molecule has 1 saturated heterocycles. The Labute approximate surface area is 107 Å². The summed E-state index contributed by atoms with van der Waals surface area (Å²) in [6.07, 6.45) is 0.675. The molecule has 0 aromatic heterocycles. The molecule has 0 saturated carbocycles. The highest BCUT2D eigenvalue weighted by Crippen LogP contribution is 2.21. The molecule has 4 N–H and O–H groups in total. The Kier molecular flexibility index (Phi) is 3.58. The Morgan fingerprint density at radius 1 is 1.33 bits per heavy atom. The van der Waals surface area contributed by atoms with Gasteiger partial charge in [-0.2, -0.15) is 0 Å². The van der Waals surface area contributed by atoms with Gasteiger partial charge in [0.1, 0.15) is 0 Å². The minimum atomic E-state index is -3.53. The molecule has 0 aliphatic carbocycles. The fraction of sp³-hybridized carbons (Fsp3) is 0.455. The number of nitrogens with two attached hydrogens (primary N) is 1. The topological polar surface area (TPSA) is 93.5 Å². The van der Waals surface area contributed by atoms with Crippen molar-refractivity contribution in [3.8, 4) is 0 Å². The third-order valence-corrected chi connectivity index (χ3v) is 4.59. The molecule has 2 rings (SSSR count). The summed E-state index contributed by atoms with van der Waals surface area (Å²) in [5.74, 6) is 5.23. The second kappa shape index (κ2) is 4.85. The predicted octanol–water partition coefficient (Wildman–Crippen LogP) is 0.429. The third-order valence-electron chi connectivity index (χ3n) is 2.93. The van der Waals surface area contributed by atoms with Crippen LogP contribution in [-0.2, 0) is 14.8 Å². The monoisotopic (exact) mass is 271 g/mol. The van der Waals surface area contributed by atoms with Crippen LogP contribution in [0.5, 0.6) is 0 Å². The number of sulfonamides is 1. The second-order valence-corrected chi connectivity index (χ2v) is 6.32. The molecule has 0 amide bonds. The summed E-state index contributed by atoms with van der Waals surface area (Å²) >= 11 is 0. The van der Waals surface area contributed by atoms with Crippen molar-refractivity contribution in [3.05, 3.63) is 24.3 Å². The molecule has 1 fully saturated rings. The highest BCUT2D eigenvalue weighted by molar-refractivity contribution is 7.89. The molecule has 7 heteroatoms. The van der Waals surface area contributed by atoms with Crippen molar-refractivity contribution in [3.63, 3.8) is 0 Å². The van der Waals surface area contributed by atoms with Crippen LogP contribution in [0, 0.1) is 0 Å². The van der Waals surface area contributed by atoms with Crippen LogP contribution in [0.15, 0.2) is 29.2 Å². The fourth-order valence-electron chi connectivity index (χ4n) is 1.86. The van der Waals surface area contributed by atoms with E-state index in [0.29, 0.717) is 25.3 Å². The zero-order chi connectivity index (χ0) is 13.2. The van der Waals surface area contributed by atoms with Crippen molar-refractivity contribution < 1.29 is 13.2 Å². The molecule has 1 aliphatic rings. The minimum Gasteiger partial charge on any atom is -0.379 e. The number of nitrogens with one attached hydrogen (secondary N) is 2. The second-order valence-electron chi connectivity index (χ2n) is 4.64. The van der Waals surface area contributed by atoms with Crippen LogP contribution in [0.4, 0.5) is 5.69 Å². The van der Waals surface area contributed by atoms with Gasteiger partial charge in [0.05, 0.1) is 17.0 Å². The van der Waals surface area contributed by atoms with Crippen LogP contribution in [0.3, 0.4) is 0 Å². The van der Waals surface area contributed by atoms with Crippen molar-refractivity contribution in [2.24, 2.45) is 5.84 Å². The van der Waals surface area contributed by atoms with Crippen molar-refractivity contribution in [2.45, 2.75) is 23.8 Å². The Morgan fingerprint density at radius 3 is 2.50 bits per heavy atom. The van der Waals surface area contributed by atoms with Crippen molar-refractivity contribution in [1.29, 1.82) is 0 Å². The highest BCUT2D eigenvalue weighted by atomic mass is 32.2. The Hall–Kier alpha value is -1.15. The number of hydrogen-bond acceptors (Lipinski definition) is 5. The third kappa shape index (κ3) is 2.81. The number of hydrogen-bond donors (Lipinski definition) is 3. The standard InChI is InChI=1S/C11H17N3O3S/c1-11(6-7-17-8-11)14-18(15,16)10-4-2-9(13-12)3-5-10/h2-5,13-14H,6-8,12H2,1H3. The maximum absolute atomic E-state index is 12.2. The average Bonchev–Trinajstić information content (AvgIpc) is 2.75. The maximum Gasteiger partial charge on any atom is 0.241 e. The van der Waals surface area contributed by atoms with Gasteiger partial charge in [0.15, 0.2) is 0 Å². The summed E-state index contributed by atoms with van der Waals surface area (Å²) in [6, 6.07) is 6.25. The van der Waals surface area contributed by atoms with E-state index in [1.165, 1.54) is 12.1 Å². The first-order valence-corrected chi connectivity index (χ1v) is 7.12. The van der Waals surface area contributed by atoms with E-state index in [4.69, 9.17) is 10.6 Å². The lowest BCUT2D eigenvalue weighted by Gasteiger charge is -2.23. The fourth-order valence-corrected chi connectivity index (χ4v) is 3.28. The molecule has 1 atom stereocenters. The van der Waals surface area contributed by atoms with Crippen LogP contribution in [-0.4, -0.2) is 27.2 Å². The number of rotatable bonds is 4. The van der Waals surface area contributed by atoms with Gasteiger partial charge in [-0.1, -0.05) is 0 Å². The molecule has 1 aliphatic heterocycles. The van der Waals surface area contributed by atoms with Gasteiger partial charge in [-0.3, -0.25) is 5.84 Å². The van der Waals surface area contributed by atoms with E-state index in [0.717, 1.165) is 0 Å². The molecule has 0 spiro atoms. The summed E-state index contributed by atoms with van der Waals surface area (Å²) in [6.45, 7) is 2.82. The van der Waals surface area contributed by atoms with E-state index in [9.17, 15) is 8.42 Å². The van der Waals surface area contributed by atoms with Crippen molar-refractivity contribution >= 4 is 15.7 Å². The van der Waals surface area contributed by atoms with Gasteiger partial charge in [-0.25, -0.2) is 13.1 Å². The average molecular weight is 271 g/mol. The molecule has 1 unspecified atom stereocenters.